The Morgan fingerprint density at radius 2 is 2.27 bits per heavy atom. The van der Waals surface area contributed by atoms with Crippen molar-refractivity contribution in [2.75, 3.05) is 38.7 Å². The summed E-state index contributed by atoms with van der Waals surface area (Å²) in [6.07, 6.45) is -4.80. The monoisotopic (exact) mass is 320 g/mol. The number of amides is 2. The maximum atomic E-state index is 12.4. The van der Waals surface area contributed by atoms with Gasteiger partial charge in [0.1, 0.15) is 0 Å². The van der Waals surface area contributed by atoms with Gasteiger partial charge < -0.3 is 14.4 Å². The van der Waals surface area contributed by atoms with E-state index >= 15 is 0 Å². The van der Waals surface area contributed by atoms with E-state index in [1.165, 1.54) is 12.0 Å². The number of ether oxygens (including phenoxy) is 2. The topological polar surface area (TPSA) is 76.6 Å². The Morgan fingerprint density at radius 1 is 1.50 bits per heavy atom. The van der Waals surface area contributed by atoms with E-state index in [1.807, 2.05) is 0 Å². The van der Waals surface area contributed by atoms with E-state index in [-0.39, 0.29) is 11.9 Å². The second-order valence-corrected chi connectivity index (χ2v) is 4.63. The van der Waals surface area contributed by atoms with Gasteiger partial charge in [-0.2, -0.15) is 13.2 Å². The highest BCUT2D eigenvalue weighted by Gasteiger charge is 2.33. The molecule has 1 unspecified atom stereocenters. The smallest absolute Gasteiger partial charge is 0.382 e. The Bertz CT molecular complexity index is 507. The molecule has 1 atom stereocenters. The molecule has 22 heavy (non-hydrogen) atoms. The summed E-state index contributed by atoms with van der Waals surface area (Å²) >= 11 is 0. The molecule has 1 aromatic heterocycles. The fourth-order valence-electron chi connectivity index (χ4n) is 1.93. The van der Waals surface area contributed by atoms with Gasteiger partial charge in [0.25, 0.3) is 0 Å². The van der Waals surface area contributed by atoms with Crippen molar-refractivity contribution in [2.24, 2.45) is 0 Å². The Morgan fingerprint density at radius 3 is 2.86 bits per heavy atom. The number of carbonyl (C=O) groups excluding carboxylic acids is 1. The van der Waals surface area contributed by atoms with Gasteiger partial charge in [-0.15, -0.1) is 10.2 Å². The quantitative estimate of drug-likeness (QED) is 0.910. The minimum Gasteiger partial charge on any atom is -0.382 e. The molecule has 1 N–H and O–H groups in total. The highest BCUT2D eigenvalue weighted by Crippen LogP contribution is 2.27. The summed E-state index contributed by atoms with van der Waals surface area (Å²) in [6.45, 7) is 1.41. The fraction of sp³-hybridized carbons (Fsp3) is 0.583. The molecule has 2 heterocycles. The fourth-order valence-corrected chi connectivity index (χ4v) is 1.93. The molecule has 2 rings (SSSR count). The summed E-state index contributed by atoms with van der Waals surface area (Å²) in [5.41, 5.74) is -1.11. The van der Waals surface area contributed by atoms with Crippen LogP contribution in [0.25, 0.3) is 0 Å². The Balaban J connectivity index is 1.94. The van der Waals surface area contributed by atoms with E-state index < -0.39 is 17.9 Å². The van der Waals surface area contributed by atoms with Crippen molar-refractivity contribution in [1.82, 2.24) is 15.1 Å². The van der Waals surface area contributed by atoms with Gasteiger partial charge in [0.05, 0.1) is 25.9 Å². The second-order valence-electron chi connectivity index (χ2n) is 4.63. The zero-order valence-electron chi connectivity index (χ0n) is 11.8. The third-order valence-corrected chi connectivity index (χ3v) is 2.97. The van der Waals surface area contributed by atoms with Crippen molar-refractivity contribution < 1.29 is 27.4 Å². The molecule has 10 heteroatoms. The Hall–Kier alpha value is -1.94. The summed E-state index contributed by atoms with van der Waals surface area (Å²) in [5.74, 6) is -0.0483. The maximum Gasteiger partial charge on any atom is 0.435 e. The van der Waals surface area contributed by atoms with Crippen LogP contribution in [0, 0.1) is 0 Å². The number of methoxy groups -OCH3 is 1. The summed E-state index contributed by atoms with van der Waals surface area (Å²) in [5, 5.41) is 8.79. The molecule has 0 saturated carbocycles. The normalized spacial score (nSPS) is 19.1. The number of anilines is 1. The van der Waals surface area contributed by atoms with Crippen molar-refractivity contribution >= 4 is 11.8 Å². The molecule has 2 amide bonds. The minimum atomic E-state index is -4.56. The van der Waals surface area contributed by atoms with E-state index in [1.54, 1.807) is 0 Å². The van der Waals surface area contributed by atoms with Crippen LogP contribution >= 0.6 is 0 Å². The minimum absolute atomic E-state index is 0.0483. The third kappa shape index (κ3) is 4.28. The summed E-state index contributed by atoms with van der Waals surface area (Å²) < 4.78 is 47.5. The molecule has 0 bridgehead atoms. The zero-order valence-corrected chi connectivity index (χ0v) is 11.8. The van der Waals surface area contributed by atoms with Gasteiger partial charge in [-0.25, -0.2) is 4.79 Å². The van der Waals surface area contributed by atoms with Crippen LogP contribution in [0.3, 0.4) is 0 Å². The molecule has 122 valence electrons. The lowest BCUT2D eigenvalue weighted by molar-refractivity contribution is -0.141. The van der Waals surface area contributed by atoms with Crippen LogP contribution in [0.4, 0.5) is 23.8 Å². The average molecular weight is 320 g/mol. The zero-order chi connectivity index (χ0) is 16.2. The van der Waals surface area contributed by atoms with Crippen molar-refractivity contribution in [3.05, 3.63) is 17.8 Å². The second kappa shape index (κ2) is 6.88. The van der Waals surface area contributed by atoms with Crippen LogP contribution in [0.2, 0.25) is 0 Å². The van der Waals surface area contributed by atoms with Crippen molar-refractivity contribution in [3.63, 3.8) is 0 Å². The van der Waals surface area contributed by atoms with E-state index in [0.717, 1.165) is 12.1 Å². The third-order valence-electron chi connectivity index (χ3n) is 2.97. The molecule has 0 spiro atoms. The van der Waals surface area contributed by atoms with E-state index in [9.17, 15) is 18.0 Å². The molecular formula is C12H15F3N4O3. The molecular weight excluding hydrogens is 305 g/mol. The maximum absolute atomic E-state index is 12.4. The molecule has 0 aromatic carbocycles. The van der Waals surface area contributed by atoms with Crippen molar-refractivity contribution in [3.8, 4) is 0 Å². The lowest BCUT2D eigenvalue weighted by atomic mass is 10.3. The largest absolute Gasteiger partial charge is 0.435 e. The van der Waals surface area contributed by atoms with Crippen LogP contribution < -0.4 is 5.32 Å². The first-order valence-electron chi connectivity index (χ1n) is 6.47. The number of carbonyl (C=O) groups is 1. The van der Waals surface area contributed by atoms with Crippen LogP contribution in [0.5, 0.6) is 0 Å². The highest BCUT2D eigenvalue weighted by molar-refractivity contribution is 5.88. The number of nitrogens with one attached hydrogen (secondary N) is 1. The number of alkyl halides is 3. The lowest BCUT2D eigenvalue weighted by Gasteiger charge is -2.32. The van der Waals surface area contributed by atoms with Crippen molar-refractivity contribution in [2.45, 2.75) is 12.3 Å². The predicted octanol–water partition coefficient (Wildman–Crippen LogP) is 1.37. The first kappa shape index (κ1) is 16.4. The predicted molar refractivity (Wildman–Crippen MR) is 69.2 cm³/mol. The number of halogens is 3. The van der Waals surface area contributed by atoms with Crippen LogP contribution in [-0.4, -0.2) is 60.6 Å². The standard InChI is InChI=1S/C12H15F3N4O3/c1-21-7-8-6-19(4-5-22-8)11(20)16-10-3-2-9(17-18-10)12(13,14)15/h2-3,8H,4-7H2,1H3,(H,16,18,20). The summed E-state index contributed by atoms with van der Waals surface area (Å²) in [4.78, 5) is 13.5. The van der Waals surface area contributed by atoms with Gasteiger partial charge in [0.2, 0.25) is 0 Å². The number of hydrogen-bond acceptors (Lipinski definition) is 5. The van der Waals surface area contributed by atoms with Crippen LogP contribution in [0.1, 0.15) is 5.69 Å². The average Bonchev–Trinajstić information content (AvgIpc) is 2.47. The SMILES string of the molecule is COCC1CN(C(=O)Nc2ccc(C(F)(F)F)nn2)CCO1. The number of morpholine rings is 1. The first-order chi connectivity index (χ1) is 10.4. The van der Waals surface area contributed by atoms with E-state index in [2.05, 4.69) is 15.5 Å². The number of hydrogen-bond donors (Lipinski definition) is 1. The molecule has 7 nitrogen and oxygen atoms in total. The summed E-state index contributed by atoms with van der Waals surface area (Å²) in [7, 11) is 1.53. The van der Waals surface area contributed by atoms with Gasteiger partial charge in [-0.05, 0) is 12.1 Å². The Labute approximate surface area is 124 Å². The molecule has 1 aliphatic heterocycles. The van der Waals surface area contributed by atoms with Gasteiger partial charge >= 0.3 is 12.2 Å². The van der Waals surface area contributed by atoms with Crippen LogP contribution in [0.15, 0.2) is 12.1 Å². The molecule has 1 fully saturated rings. The lowest BCUT2D eigenvalue weighted by Crippen LogP contribution is -2.48. The van der Waals surface area contributed by atoms with Crippen LogP contribution in [-0.2, 0) is 15.7 Å². The molecule has 0 aliphatic carbocycles. The first-order valence-corrected chi connectivity index (χ1v) is 6.47. The summed E-state index contributed by atoms with van der Waals surface area (Å²) in [6, 6.07) is 1.34. The Kier molecular flexibility index (Phi) is 5.14. The van der Waals surface area contributed by atoms with Crippen molar-refractivity contribution in [1.29, 1.82) is 0 Å². The van der Waals surface area contributed by atoms with Gasteiger partial charge in [-0.1, -0.05) is 0 Å². The molecule has 1 saturated heterocycles. The molecule has 1 aromatic rings. The number of nitrogens with zero attached hydrogens (tertiary/aromatic N) is 3. The van der Waals surface area contributed by atoms with E-state index in [4.69, 9.17) is 9.47 Å². The molecule has 1 aliphatic rings. The van der Waals surface area contributed by atoms with E-state index in [0.29, 0.717) is 26.3 Å². The number of rotatable bonds is 3. The number of aromatic nitrogens is 2. The number of urea groups is 1. The van der Waals surface area contributed by atoms with Gasteiger partial charge in [0.15, 0.2) is 11.5 Å². The molecule has 0 radical (unpaired) electrons. The highest BCUT2D eigenvalue weighted by atomic mass is 19.4. The van der Waals surface area contributed by atoms with Gasteiger partial charge in [0, 0.05) is 13.7 Å². The van der Waals surface area contributed by atoms with Gasteiger partial charge in [-0.3, -0.25) is 5.32 Å².